The zero-order chi connectivity index (χ0) is 16.7. The molecule has 1 aromatic heterocycles. The van der Waals surface area contributed by atoms with Crippen LogP contribution < -0.4 is 15.4 Å². The molecule has 0 aromatic carbocycles. The second kappa shape index (κ2) is 8.64. The Balaban J connectivity index is 1.71. The van der Waals surface area contributed by atoms with Gasteiger partial charge in [-0.15, -0.1) is 0 Å². The van der Waals surface area contributed by atoms with E-state index in [4.69, 9.17) is 4.74 Å². The molecule has 0 atom stereocenters. The summed E-state index contributed by atoms with van der Waals surface area (Å²) in [6.45, 7) is 4.13. The number of hydrogen-bond acceptors (Lipinski definition) is 4. The number of urea groups is 1. The van der Waals surface area contributed by atoms with Crippen molar-refractivity contribution in [2.24, 2.45) is 0 Å². The van der Waals surface area contributed by atoms with Gasteiger partial charge in [0.25, 0.3) is 0 Å². The molecule has 1 saturated carbocycles. The Morgan fingerprint density at radius 2 is 1.87 bits per heavy atom. The molecule has 0 bridgehead atoms. The van der Waals surface area contributed by atoms with Gasteiger partial charge in [-0.2, -0.15) is 0 Å². The lowest BCUT2D eigenvalue weighted by Gasteiger charge is -2.29. The average Bonchev–Trinajstić information content (AvgIpc) is 2.56. The number of aromatic nitrogens is 2. The van der Waals surface area contributed by atoms with Crippen LogP contribution in [-0.4, -0.2) is 34.2 Å². The summed E-state index contributed by atoms with van der Waals surface area (Å²) in [5.41, 5.74) is 0. The van der Waals surface area contributed by atoms with Crippen molar-refractivity contribution in [1.29, 1.82) is 0 Å². The molecule has 7 heteroatoms. The van der Waals surface area contributed by atoms with Gasteiger partial charge in [0.15, 0.2) is 5.82 Å². The highest BCUT2D eigenvalue weighted by molar-refractivity contribution is 5.74. The smallest absolute Gasteiger partial charge is 0.316 e. The van der Waals surface area contributed by atoms with Gasteiger partial charge in [0.2, 0.25) is 0 Å². The first-order valence-corrected chi connectivity index (χ1v) is 8.31. The fourth-order valence-electron chi connectivity index (χ4n) is 2.74. The summed E-state index contributed by atoms with van der Waals surface area (Å²) in [5.74, 6) is -0.478. The van der Waals surface area contributed by atoms with Crippen molar-refractivity contribution in [3.05, 3.63) is 18.2 Å². The molecule has 0 aliphatic heterocycles. The maximum absolute atomic E-state index is 12.8. The van der Waals surface area contributed by atoms with Crippen LogP contribution in [0.2, 0.25) is 0 Å². The van der Waals surface area contributed by atoms with Gasteiger partial charge in [0.05, 0.1) is 12.4 Å². The summed E-state index contributed by atoms with van der Waals surface area (Å²) in [5, 5.41) is 6.01. The highest BCUT2D eigenvalue weighted by Gasteiger charge is 2.24. The monoisotopic (exact) mass is 324 g/mol. The van der Waals surface area contributed by atoms with Gasteiger partial charge in [-0.3, -0.25) is 0 Å². The summed E-state index contributed by atoms with van der Waals surface area (Å²) in [6, 6.07) is 0.503. The van der Waals surface area contributed by atoms with Crippen molar-refractivity contribution in [2.45, 2.75) is 70.6 Å². The van der Waals surface area contributed by atoms with E-state index < -0.39 is 5.82 Å². The number of halogens is 1. The number of amides is 2. The zero-order valence-corrected chi connectivity index (χ0v) is 13.7. The predicted octanol–water partition coefficient (Wildman–Crippen LogP) is 2.79. The zero-order valence-electron chi connectivity index (χ0n) is 13.7. The Morgan fingerprint density at radius 1 is 1.26 bits per heavy atom. The molecule has 23 heavy (non-hydrogen) atoms. The van der Waals surface area contributed by atoms with E-state index in [9.17, 15) is 9.18 Å². The second-order valence-corrected chi connectivity index (χ2v) is 5.91. The molecular formula is C16H25FN4O2. The Morgan fingerprint density at radius 3 is 2.43 bits per heavy atom. The lowest BCUT2D eigenvalue weighted by molar-refractivity contribution is 0.128. The summed E-state index contributed by atoms with van der Waals surface area (Å²) in [7, 11) is 0. The number of carbonyl (C=O) groups excluding carboxylic acids is 1. The van der Waals surface area contributed by atoms with Gasteiger partial charge >= 0.3 is 12.0 Å². The molecule has 0 saturated heterocycles. The summed E-state index contributed by atoms with van der Waals surface area (Å²) in [6.07, 6.45) is 7.40. The molecule has 1 aliphatic rings. The van der Waals surface area contributed by atoms with Crippen molar-refractivity contribution in [3.8, 4) is 6.01 Å². The minimum Gasteiger partial charge on any atom is -0.460 e. The molecule has 1 aromatic rings. The fraction of sp³-hybridized carbons (Fsp3) is 0.688. The Kier molecular flexibility index (Phi) is 6.55. The number of rotatable bonds is 6. The number of nitrogens with zero attached hydrogens (tertiary/aromatic N) is 2. The highest BCUT2D eigenvalue weighted by atomic mass is 19.1. The van der Waals surface area contributed by atoms with Crippen molar-refractivity contribution in [2.75, 3.05) is 0 Å². The van der Waals surface area contributed by atoms with Crippen LogP contribution in [-0.2, 0) is 0 Å². The molecule has 1 fully saturated rings. The van der Waals surface area contributed by atoms with Crippen molar-refractivity contribution in [3.63, 3.8) is 0 Å². The van der Waals surface area contributed by atoms with Crippen LogP contribution in [0.5, 0.6) is 6.01 Å². The predicted molar refractivity (Wildman–Crippen MR) is 84.7 cm³/mol. The van der Waals surface area contributed by atoms with E-state index in [-0.39, 0.29) is 30.2 Å². The summed E-state index contributed by atoms with van der Waals surface area (Å²) >= 11 is 0. The van der Waals surface area contributed by atoms with Crippen LogP contribution in [0, 0.1) is 5.82 Å². The van der Waals surface area contributed by atoms with Crippen LogP contribution in [0.3, 0.4) is 0 Å². The van der Waals surface area contributed by atoms with E-state index in [0.717, 1.165) is 50.9 Å². The SMILES string of the molecule is CCC(CC)NC(=O)NC1CCC(Oc2ncc(F)cn2)CC1. The Hall–Kier alpha value is -1.92. The quantitative estimate of drug-likeness (QED) is 0.843. The topological polar surface area (TPSA) is 76.1 Å². The molecular weight excluding hydrogens is 299 g/mol. The molecule has 2 amide bonds. The van der Waals surface area contributed by atoms with Gasteiger partial charge < -0.3 is 15.4 Å². The number of ether oxygens (including phenoxy) is 1. The second-order valence-electron chi connectivity index (χ2n) is 5.91. The lowest BCUT2D eigenvalue weighted by atomic mass is 9.93. The molecule has 128 valence electrons. The van der Waals surface area contributed by atoms with E-state index >= 15 is 0 Å². The van der Waals surface area contributed by atoms with Crippen molar-refractivity contribution < 1.29 is 13.9 Å². The number of nitrogens with one attached hydrogen (secondary N) is 2. The molecule has 2 N–H and O–H groups in total. The first-order valence-electron chi connectivity index (χ1n) is 8.31. The molecule has 2 rings (SSSR count). The van der Waals surface area contributed by atoms with Crippen LogP contribution in [0.1, 0.15) is 52.4 Å². The van der Waals surface area contributed by atoms with Crippen LogP contribution >= 0.6 is 0 Å². The molecule has 6 nitrogen and oxygen atoms in total. The Labute approximate surface area is 136 Å². The largest absolute Gasteiger partial charge is 0.460 e. The van der Waals surface area contributed by atoms with Gasteiger partial charge in [-0.25, -0.2) is 19.2 Å². The number of hydrogen-bond donors (Lipinski definition) is 2. The van der Waals surface area contributed by atoms with Crippen LogP contribution in [0.4, 0.5) is 9.18 Å². The lowest BCUT2D eigenvalue weighted by Crippen LogP contribution is -2.47. The third-order valence-corrected chi connectivity index (χ3v) is 4.20. The maximum atomic E-state index is 12.8. The first-order chi connectivity index (χ1) is 11.1. The minimum atomic E-state index is -0.478. The van der Waals surface area contributed by atoms with E-state index in [2.05, 4.69) is 34.4 Å². The van der Waals surface area contributed by atoms with Gasteiger partial charge in [-0.1, -0.05) is 13.8 Å². The molecule has 0 radical (unpaired) electrons. The average molecular weight is 324 g/mol. The van der Waals surface area contributed by atoms with Gasteiger partial charge in [0, 0.05) is 12.1 Å². The third kappa shape index (κ3) is 5.65. The van der Waals surface area contributed by atoms with Crippen molar-refractivity contribution in [1.82, 2.24) is 20.6 Å². The molecule has 0 unspecified atom stereocenters. The van der Waals surface area contributed by atoms with Crippen LogP contribution in [0.25, 0.3) is 0 Å². The van der Waals surface area contributed by atoms with E-state index in [0.29, 0.717) is 0 Å². The third-order valence-electron chi connectivity index (χ3n) is 4.20. The normalized spacial score (nSPS) is 21.0. The van der Waals surface area contributed by atoms with E-state index in [1.807, 2.05) is 0 Å². The molecule has 1 aliphatic carbocycles. The standard InChI is InChI=1S/C16H25FN4O2/c1-3-12(4-2)20-15(22)21-13-5-7-14(8-6-13)23-16-18-9-11(17)10-19-16/h9-10,12-14H,3-8H2,1-2H3,(H2,20,21,22). The first kappa shape index (κ1) is 17.4. The highest BCUT2D eigenvalue weighted by Crippen LogP contribution is 2.22. The maximum Gasteiger partial charge on any atom is 0.316 e. The van der Waals surface area contributed by atoms with E-state index in [1.165, 1.54) is 0 Å². The fourth-order valence-corrected chi connectivity index (χ4v) is 2.74. The molecule has 1 heterocycles. The number of carbonyl (C=O) groups is 1. The van der Waals surface area contributed by atoms with E-state index in [1.54, 1.807) is 0 Å². The van der Waals surface area contributed by atoms with Gasteiger partial charge in [0.1, 0.15) is 6.10 Å². The summed E-state index contributed by atoms with van der Waals surface area (Å²) in [4.78, 5) is 19.5. The molecule has 0 spiro atoms. The van der Waals surface area contributed by atoms with Crippen LogP contribution in [0.15, 0.2) is 12.4 Å². The summed E-state index contributed by atoms with van der Waals surface area (Å²) < 4.78 is 18.4. The van der Waals surface area contributed by atoms with Gasteiger partial charge in [-0.05, 0) is 38.5 Å². The Bertz CT molecular complexity index is 485. The van der Waals surface area contributed by atoms with Crippen molar-refractivity contribution >= 4 is 6.03 Å². The minimum absolute atomic E-state index is 0.0144.